The van der Waals surface area contributed by atoms with Gasteiger partial charge in [-0.2, -0.15) is 0 Å². The molecule has 1 aromatic heterocycles. The summed E-state index contributed by atoms with van der Waals surface area (Å²) in [5, 5.41) is 11.0. The van der Waals surface area contributed by atoms with Crippen LogP contribution in [0.25, 0.3) is 0 Å². The summed E-state index contributed by atoms with van der Waals surface area (Å²) in [4.78, 5) is 7.36. The molecule has 1 aliphatic heterocycles. The Kier molecular flexibility index (Phi) is 9.11. The Bertz CT molecular complexity index is 847. The Morgan fingerprint density at radius 2 is 1.78 bits per heavy atom. The molecule has 176 valence electrons. The summed E-state index contributed by atoms with van der Waals surface area (Å²) in [5.74, 6) is 1.76. The lowest BCUT2D eigenvalue weighted by molar-refractivity contribution is -0.0705. The maximum atomic E-state index is 5.89. The van der Waals surface area contributed by atoms with E-state index in [0.717, 1.165) is 62.0 Å². The van der Waals surface area contributed by atoms with Crippen LogP contribution in [0.5, 0.6) is 0 Å². The van der Waals surface area contributed by atoms with E-state index >= 15 is 0 Å². The predicted octanol–water partition coefficient (Wildman–Crippen LogP) is 3.66. The average Bonchev–Trinajstić information content (AvgIpc) is 3.18. The van der Waals surface area contributed by atoms with Crippen molar-refractivity contribution < 1.29 is 9.26 Å². The lowest BCUT2D eigenvalue weighted by Crippen LogP contribution is -2.44. The van der Waals surface area contributed by atoms with Crippen molar-refractivity contribution in [3.8, 4) is 0 Å². The van der Waals surface area contributed by atoms with Crippen molar-refractivity contribution in [2.24, 2.45) is 4.99 Å². The van der Waals surface area contributed by atoms with Gasteiger partial charge >= 0.3 is 0 Å². The molecule has 3 rings (SSSR count). The molecule has 2 unspecified atom stereocenters. The van der Waals surface area contributed by atoms with Gasteiger partial charge in [-0.1, -0.05) is 43.3 Å². The maximum Gasteiger partial charge on any atom is 0.191 e. The molecule has 2 heterocycles. The quantitative estimate of drug-likeness (QED) is 0.457. The molecule has 2 N–H and O–H groups in total. The molecule has 1 aromatic carbocycles. The number of rotatable bonds is 9. The monoisotopic (exact) mass is 441 g/mol. The molecular weight excluding hydrogens is 402 g/mol. The highest BCUT2D eigenvalue weighted by molar-refractivity contribution is 5.79. The van der Waals surface area contributed by atoms with E-state index < -0.39 is 0 Å². The van der Waals surface area contributed by atoms with Gasteiger partial charge in [-0.3, -0.25) is 4.90 Å². The third-order valence-electron chi connectivity index (χ3n) is 5.80. The second kappa shape index (κ2) is 12.0. The van der Waals surface area contributed by atoms with Crippen LogP contribution >= 0.6 is 0 Å². The van der Waals surface area contributed by atoms with Crippen molar-refractivity contribution in [2.45, 2.75) is 79.3 Å². The van der Waals surface area contributed by atoms with Gasteiger partial charge in [-0.25, -0.2) is 4.99 Å². The molecule has 7 heteroatoms. The average molecular weight is 442 g/mol. The normalized spacial score (nSPS) is 19.8. The summed E-state index contributed by atoms with van der Waals surface area (Å²) in [7, 11) is 0. The van der Waals surface area contributed by atoms with Crippen LogP contribution in [0.4, 0.5) is 0 Å². The van der Waals surface area contributed by atoms with Gasteiger partial charge in [0.05, 0.1) is 24.4 Å². The lowest BCUT2D eigenvalue weighted by Gasteiger charge is -2.35. The predicted molar refractivity (Wildman–Crippen MR) is 129 cm³/mol. The van der Waals surface area contributed by atoms with E-state index in [1.165, 1.54) is 11.1 Å². The highest BCUT2D eigenvalue weighted by Crippen LogP contribution is 2.18. The zero-order chi connectivity index (χ0) is 22.9. The second-order valence-electron chi connectivity index (χ2n) is 8.51. The molecule has 0 saturated carbocycles. The van der Waals surface area contributed by atoms with E-state index in [0.29, 0.717) is 13.1 Å². The fourth-order valence-electron chi connectivity index (χ4n) is 4.34. The van der Waals surface area contributed by atoms with Crippen LogP contribution < -0.4 is 10.6 Å². The van der Waals surface area contributed by atoms with E-state index in [-0.39, 0.29) is 12.2 Å². The van der Waals surface area contributed by atoms with E-state index in [9.17, 15) is 0 Å². The molecular formula is C25H39N5O2. The molecule has 7 nitrogen and oxygen atoms in total. The number of aliphatic imine (C=N–C) groups is 1. The second-order valence-corrected chi connectivity index (χ2v) is 8.51. The molecule has 0 radical (unpaired) electrons. The molecule has 2 atom stereocenters. The minimum atomic E-state index is 0.270. The van der Waals surface area contributed by atoms with Crippen molar-refractivity contribution in [3.05, 3.63) is 52.4 Å². The Hall–Kier alpha value is -2.38. The van der Waals surface area contributed by atoms with Gasteiger partial charge in [-0.15, -0.1) is 0 Å². The minimum absolute atomic E-state index is 0.270. The largest absolute Gasteiger partial charge is 0.373 e. The molecule has 0 amide bonds. The van der Waals surface area contributed by atoms with Crippen LogP contribution in [0, 0.1) is 0 Å². The van der Waals surface area contributed by atoms with Crippen LogP contribution in [0.15, 0.2) is 33.8 Å². The van der Waals surface area contributed by atoms with Crippen molar-refractivity contribution in [2.75, 3.05) is 19.6 Å². The van der Waals surface area contributed by atoms with Gasteiger partial charge < -0.3 is 19.9 Å². The van der Waals surface area contributed by atoms with E-state index in [4.69, 9.17) is 14.3 Å². The number of nitrogens with one attached hydrogen (secondary N) is 2. The van der Waals surface area contributed by atoms with Gasteiger partial charge in [0, 0.05) is 44.7 Å². The zero-order valence-electron chi connectivity index (χ0n) is 20.3. The van der Waals surface area contributed by atoms with Crippen LogP contribution in [-0.2, 0) is 37.2 Å². The molecule has 1 fully saturated rings. The van der Waals surface area contributed by atoms with Crippen molar-refractivity contribution in [3.63, 3.8) is 0 Å². The highest BCUT2D eigenvalue weighted by atomic mass is 16.5. The van der Waals surface area contributed by atoms with Gasteiger partial charge in [0.15, 0.2) is 5.96 Å². The van der Waals surface area contributed by atoms with Crippen LogP contribution in [0.3, 0.4) is 0 Å². The molecule has 2 aromatic rings. The number of hydrogen-bond donors (Lipinski definition) is 2. The number of benzene rings is 1. The Labute approximate surface area is 192 Å². The summed E-state index contributed by atoms with van der Waals surface area (Å²) in [6.45, 7) is 15.5. The molecule has 0 bridgehead atoms. The SMILES string of the molecule is CCNC(=NCc1ccccc1CN1CC(C)OC(C)C1)NCc1c(CC)noc1CC. The third-order valence-corrected chi connectivity index (χ3v) is 5.80. The molecule has 1 aliphatic rings. The zero-order valence-corrected chi connectivity index (χ0v) is 20.3. The highest BCUT2D eigenvalue weighted by Gasteiger charge is 2.22. The maximum absolute atomic E-state index is 5.89. The third kappa shape index (κ3) is 6.56. The number of nitrogens with zero attached hydrogens (tertiary/aromatic N) is 3. The van der Waals surface area contributed by atoms with Crippen molar-refractivity contribution in [1.82, 2.24) is 20.7 Å². The molecule has 0 spiro atoms. The molecule has 32 heavy (non-hydrogen) atoms. The van der Waals surface area contributed by atoms with E-state index in [1.807, 2.05) is 0 Å². The Balaban J connectivity index is 1.68. The van der Waals surface area contributed by atoms with Crippen LogP contribution in [0.2, 0.25) is 0 Å². The first-order valence-corrected chi connectivity index (χ1v) is 12.0. The van der Waals surface area contributed by atoms with Crippen molar-refractivity contribution in [1.29, 1.82) is 0 Å². The van der Waals surface area contributed by atoms with E-state index in [2.05, 4.69) is 79.6 Å². The number of ether oxygens (including phenoxy) is 1. The molecule has 0 aliphatic carbocycles. The lowest BCUT2D eigenvalue weighted by atomic mass is 10.1. The Morgan fingerprint density at radius 1 is 1.06 bits per heavy atom. The fraction of sp³-hybridized carbons (Fsp3) is 0.600. The first-order valence-electron chi connectivity index (χ1n) is 12.0. The first kappa shape index (κ1) is 24.3. The fourth-order valence-corrected chi connectivity index (χ4v) is 4.34. The van der Waals surface area contributed by atoms with Gasteiger partial charge in [0.25, 0.3) is 0 Å². The summed E-state index contributed by atoms with van der Waals surface area (Å²) in [5.41, 5.74) is 4.75. The summed E-state index contributed by atoms with van der Waals surface area (Å²) in [6, 6.07) is 8.61. The summed E-state index contributed by atoms with van der Waals surface area (Å²) >= 11 is 0. The number of aromatic nitrogens is 1. The van der Waals surface area contributed by atoms with Crippen LogP contribution in [0.1, 0.15) is 62.8 Å². The number of hydrogen-bond acceptors (Lipinski definition) is 5. The smallest absolute Gasteiger partial charge is 0.191 e. The standard InChI is InChI=1S/C25H39N5O2/c1-6-23-22(24(7-2)32-29-23)14-28-25(26-8-3)27-13-20-11-9-10-12-21(20)17-30-15-18(4)31-19(5)16-30/h9-12,18-19H,6-8,13-17H2,1-5H3,(H2,26,27,28). The minimum Gasteiger partial charge on any atom is -0.373 e. The van der Waals surface area contributed by atoms with Crippen molar-refractivity contribution >= 4 is 5.96 Å². The molecule has 1 saturated heterocycles. The van der Waals surface area contributed by atoms with Gasteiger partial charge in [-0.05, 0) is 38.3 Å². The summed E-state index contributed by atoms with van der Waals surface area (Å²) < 4.78 is 11.4. The number of morpholine rings is 1. The summed E-state index contributed by atoms with van der Waals surface area (Å²) in [6.07, 6.45) is 2.24. The van der Waals surface area contributed by atoms with Gasteiger partial charge in [0.1, 0.15) is 5.76 Å². The first-order chi connectivity index (χ1) is 15.5. The van der Waals surface area contributed by atoms with E-state index in [1.54, 1.807) is 0 Å². The number of aryl methyl sites for hydroxylation is 2. The topological polar surface area (TPSA) is 74.9 Å². The van der Waals surface area contributed by atoms with Crippen LogP contribution in [-0.4, -0.2) is 47.9 Å². The Morgan fingerprint density at radius 3 is 2.44 bits per heavy atom. The van der Waals surface area contributed by atoms with Gasteiger partial charge in [0.2, 0.25) is 0 Å². The number of guanidine groups is 1.